The summed E-state index contributed by atoms with van der Waals surface area (Å²) in [4.78, 5) is 24.3. The van der Waals surface area contributed by atoms with Crippen LogP contribution in [0.15, 0.2) is 82.7 Å². The number of methoxy groups -OCH3 is 1. The second-order valence-corrected chi connectivity index (χ2v) is 7.96. The highest BCUT2D eigenvalue weighted by atomic mass is 79.9. The molecule has 0 spiro atoms. The van der Waals surface area contributed by atoms with Gasteiger partial charge in [-0.3, -0.25) is 0 Å². The van der Waals surface area contributed by atoms with Crippen LogP contribution in [0.1, 0.15) is 37.8 Å². The highest BCUT2D eigenvalue weighted by Gasteiger charge is 2.31. The summed E-state index contributed by atoms with van der Waals surface area (Å²) in [7, 11) is 1.31. The van der Waals surface area contributed by atoms with E-state index >= 15 is 0 Å². The van der Waals surface area contributed by atoms with Gasteiger partial charge in [0.2, 0.25) is 5.88 Å². The number of allylic oxidation sites excluding steroid dienone is 1. The largest absolute Gasteiger partial charge is 0.465 e. The zero-order valence-electron chi connectivity index (χ0n) is 17.4. The lowest BCUT2D eigenvalue weighted by atomic mass is 9.83. The quantitative estimate of drug-likeness (QED) is 0.405. The molecular weight excluding hydrogens is 488 g/mol. The van der Waals surface area contributed by atoms with E-state index in [1.165, 1.54) is 7.11 Å². The molecule has 1 aliphatic heterocycles. The SMILES string of the molecule is COC(=O)c1ccc(C2C(C#N)=C(N)Oc3cc(OC(=O)c4ccccc4Br)ccc32)cc1. The molecule has 7 nitrogen and oxygen atoms in total. The maximum atomic E-state index is 12.6. The number of rotatable bonds is 4. The summed E-state index contributed by atoms with van der Waals surface area (Å²) in [5.74, 6) is -0.913. The molecule has 2 N–H and O–H groups in total. The minimum absolute atomic E-state index is 0.0404. The lowest BCUT2D eigenvalue weighted by Gasteiger charge is -2.26. The fraction of sp³-hybridized carbons (Fsp3) is 0.0800. The van der Waals surface area contributed by atoms with Gasteiger partial charge in [0.25, 0.3) is 0 Å². The zero-order chi connectivity index (χ0) is 23.5. The van der Waals surface area contributed by atoms with Crippen LogP contribution in [0.5, 0.6) is 11.5 Å². The summed E-state index contributed by atoms with van der Waals surface area (Å²) in [5, 5.41) is 9.71. The summed E-state index contributed by atoms with van der Waals surface area (Å²) < 4.78 is 16.5. The van der Waals surface area contributed by atoms with Crippen LogP contribution in [0.25, 0.3) is 0 Å². The van der Waals surface area contributed by atoms with E-state index in [2.05, 4.69) is 22.0 Å². The minimum Gasteiger partial charge on any atom is -0.465 e. The maximum Gasteiger partial charge on any atom is 0.344 e. The van der Waals surface area contributed by atoms with E-state index in [0.717, 1.165) is 5.56 Å². The number of hydrogen-bond donors (Lipinski definition) is 1. The molecule has 0 aromatic heterocycles. The van der Waals surface area contributed by atoms with Crippen LogP contribution in [0.4, 0.5) is 0 Å². The fourth-order valence-electron chi connectivity index (χ4n) is 3.56. The predicted octanol–water partition coefficient (Wildman–Crippen LogP) is 4.67. The first-order valence-electron chi connectivity index (χ1n) is 9.79. The van der Waals surface area contributed by atoms with Gasteiger partial charge < -0.3 is 19.9 Å². The van der Waals surface area contributed by atoms with Gasteiger partial charge in [-0.1, -0.05) is 30.3 Å². The van der Waals surface area contributed by atoms with Crippen molar-refractivity contribution in [2.24, 2.45) is 5.73 Å². The lowest BCUT2D eigenvalue weighted by molar-refractivity contribution is 0.0600. The third-order valence-electron chi connectivity index (χ3n) is 5.16. The maximum absolute atomic E-state index is 12.6. The topological polar surface area (TPSA) is 112 Å². The van der Waals surface area contributed by atoms with Crippen molar-refractivity contribution in [3.8, 4) is 17.6 Å². The number of nitriles is 1. The molecule has 0 saturated carbocycles. The number of esters is 2. The number of nitrogens with two attached hydrogens (primary N) is 1. The van der Waals surface area contributed by atoms with Crippen LogP contribution in [0.2, 0.25) is 0 Å². The molecule has 1 heterocycles. The number of carbonyl (C=O) groups is 2. The molecule has 1 aliphatic rings. The molecule has 8 heteroatoms. The Balaban J connectivity index is 1.68. The molecule has 1 atom stereocenters. The summed E-state index contributed by atoms with van der Waals surface area (Å²) in [6.07, 6.45) is 0. The van der Waals surface area contributed by atoms with Gasteiger partial charge in [-0.25, -0.2) is 9.59 Å². The number of benzene rings is 3. The van der Waals surface area contributed by atoms with E-state index < -0.39 is 17.9 Å². The molecule has 1 unspecified atom stereocenters. The highest BCUT2D eigenvalue weighted by Crippen LogP contribution is 2.43. The summed E-state index contributed by atoms with van der Waals surface area (Å²) >= 11 is 3.34. The van der Waals surface area contributed by atoms with Crippen molar-refractivity contribution < 1.29 is 23.8 Å². The van der Waals surface area contributed by atoms with Crippen LogP contribution >= 0.6 is 15.9 Å². The van der Waals surface area contributed by atoms with E-state index in [1.54, 1.807) is 66.7 Å². The molecule has 3 aromatic carbocycles. The number of halogens is 1. The summed E-state index contributed by atoms with van der Waals surface area (Å²) in [6.45, 7) is 0. The van der Waals surface area contributed by atoms with Crippen molar-refractivity contribution >= 4 is 27.9 Å². The zero-order valence-corrected chi connectivity index (χ0v) is 19.0. The first kappa shape index (κ1) is 22.1. The number of fused-ring (bicyclic) bond motifs is 1. The molecule has 0 radical (unpaired) electrons. The second kappa shape index (κ2) is 9.18. The molecule has 0 bridgehead atoms. The van der Waals surface area contributed by atoms with E-state index in [0.29, 0.717) is 26.9 Å². The Hall–Kier alpha value is -4.09. The second-order valence-electron chi connectivity index (χ2n) is 7.11. The fourth-order valence-corrected chi connectivity index (χ4v) is 4.01. The Morgan fingerprint density at radius 3 is 2.45 bits per heavy atom. The molecule has 0 amide bonds. The van der Waals surface area contributed by atoms with Crippen LogP contribution in [0.3, 0.4) is 0 Å². The van der Waals surface area contributed by atoms with Crippen LogP contribution in [-0.4, -0.2) is 19.0 Å². The number of nitrogens with zero attached hydrogens (tertiary/aromatic N) is 1. The lowest BCUT2D eigenvalue weighted by Crippen LogP contribution is -2.21. The Morgan fingerprint density at radius 1 is 1.06 bits per heavy atom. The van der Waals surface area contributed by atoms with Crippen molar-refractivity contribution in [3.05, 3.63) is 105 Å². The van der Waals surface area contributed by atoms with E-state index in [9.17, 15) is 14.9 Å². The van der Waals surface area contributed by atoms with Gasteiger partial charge in [0.05, 0.1) is 24.2 Å². The predicted molar refractivity (Wildman–Crippen MR) is 123 cm³/mol. The molecular formula is C25H17BrN2O5. The van der Waals surface area contributed by atoms with Crippen LogP contribution < -0.4 is 15.2 Å². The monoisotopic (exact) mass is 504 g/mol. The van der Waals surface area contributed by atoms with Crippen molar-refractivity contribution in [3.63, 3.8) is 0 Å². The number of hydrogen-bond acceptors (Lipinski definition) is 7. The van der Waals surface area contributed by atoms with Crippen molar-refractivity contribution in [1.29, 1.82) is 5.26 Å². The van der Waals surface area contributed by atoms with Crippen LogP contribution in [0, 0.1) is 11.3 Å². The number of carbonyl (C=O) groups excluding carboxylic acids is 2. The number of ether oxygens (including phenoxy) is 3. The normalized spacial score (nSPS) is 14.5. The molecule has 4 rings (SSSR count). The van der Waals surface area contributed by atoms with E-state index in [1.807, 2.05) is 0 Å². The average molecular weight is 505 g/mol. The van der Waals surface area contributed by atoms with Gasteiger partial charge in [-0.2, -0.15) is 5.26 Å². The van der Waals surface area contributed by atoms with Gasteiger partial charge in [-0.15, -0.1) is 0 Å². The summed E-state index contributed by atoms with van der Waals surface area (Å²) in [5.41, 5.74) is 8.46. The summed E-state index contributed by atoms with van der Waals surface area (Å²) in [6, 6.07) is 20.7. The molecule has 0 fully saturated rings. The Kier molecular flexibility index (Phi) is 6.16. The molecule has 33 heavy (non-hydrogen) atoms. The van der Waals surface area contributed by atoms with Gasteiger partial charge in [0.15, 0.2) is 0 Å². The third-order valence-corrected chi connectivity index (χ3v) is 5.85. The standard InChI is InChI=1S/C25H17BrN2O5/c1-31-24(29)15-8-6-14(7-9-15)22-18-11-10-16(12-21(18)33-23(28)19(22)13-27)32-25(30)17-4-2-3-5-20(17)26/h2-12,22H,28H2,1H3. The Bertz CT molecular complexity index is 1330. The van der Waals surface area contributed by atoms with E-state index in [-0.39, 0.29) is 17.2 Å². The third kappa shape index (κ3) is 4.31. The molecule has 0 saturated heterocycles. The Morgan fingerprint density at radius 2 is 1.79 bits per heavy atom. The molecule has 164 valence electrons. The van der Waals surface area contributed by atoms with Crippen molar-refractivity contribution in [2.45, 2.75) is 5.92 Å². The minimum atomic E-state index is -0.533. The first-order chi connectivity index (χ1) is 15.9. The van der Waals surface area contributed by atoms with E-state index in [4.69, 9.17) is 19.9 Å². The first-order valence-corrected chi connectivity index (χ1v) is 10.6. The molecule has 0 aliphatic carbocycles. The van der Waals surface area contributed by atoms with Gasteiger partial charge in [-0.05, 0) is 51.8 Å². The van der Waals surface area contributed by atoms with Gasteiger partial charge >= 0.3 is 11.9 Å². The van der Waals surface area contributed by atoms with Crippen molar-refractivity contribution in [1.82, 2.24) is 0 Å². The van der Waals surface area contributed by atoms with Gasteiger partial charge in [0, 0.05) is 16.1 Å². The average Bonchev–Trinajstić information content (AvgIpc) is 2.83. The van der Waals surface area contributed by atoms with Gasteiger partial charge in [0.1, 0.15) is 23.1 Å². The van der Waals surface area contributed by atoms with Crippen LogP contribution in [-0.2, 0) is 4.74 Å². The smallest absolute Gasteiger partial charge is 0.344 e. The highest BCUT2D eigenvalue weighted by molar-refractivity contribution is 9.10. The Labute approximate surface area is 198 Å². The molecule has 3 aromatic rings. The van der Waals surface area contributed by atoms with Crippen molar-refractivity contribution in [2.75, 3.05) is 7.11 Å².